The van der Waals surface area contributed by atoms with Gasteiger partial charge in [-0.3, -0.25) is 0 Å². The van der Waals surface area contributed by atoms with Gasteiger partial charge in [0.05, 0.1) is 0 Å². The number of nitrogens with zero attached hydrogens (tertiary/aromatic N) is 1. The van der Waals surface area contributed by atoms with Gasteiger partial charge in [0, 0.05) is 29.3 Å². The Hall–Kier alpha value is -1.39. The first kappa shape index (κ1) is 15.0. The molecule has 0 fully saturated rings. The molecular formula is C16H17BrN2S. The van der Waals surface area contributed by atoms with Crippen molar-refractivity contribution in [2.24, 2.45) is 5.73 Å². The van der Waals surface area contributed by atoms with Crippen LogP contribution >= 0.6 is 28.1 Å². The standard InChI is InChI=1S/C16H17BrN2S/c1-19(10-9-12-5-3-2-4-6-12)15-8-7-13(17)11-14(15)16(18)20/h2-8,11H,9-10H2,1H3,(H2,18,20). The van der Waals surface area contributed by atoms with Crippen LogP contribution in [0.25, 0.3) is 0 Å². The van der Waals surface area contributed by atoms with Crippen molar-refractivity contribution in [1.82, 2.24) is 0 Å². The summed E-state index contributed by atoms with van der Waals surface area (Å²) in [5, 5.41) is 0. The third-order valence-corrected chi connectivity index (χ3v) is 3.93. The van der Waals surface area contributed by atoms with Crippen LogP contribution in [-0.4, -0.2) is 18.6 Å². The van der Waals surface area contributed by atoms with E-state index in [-0.39, 0.29) is 0 Å². The van der Waals surface area contributed by atoms with Crippen molar-refractivity contribution in [3.63, 3.8) is 0 Å². The number of likely N-dealkylation sites (N-methyl/N-ethyl adjacent to an activating group) is 1. The molecule has 2 nitrogen and oxygen atoms in total. The molecule has 104 valence electrons. The van der Waals surface area contributed by atoms with E-state index in [4.69, 9.17) is 18.0 Å². The molecule has 0 aromatic heterocycles. The van der Waals surface area contributed by atoms with E-state index in [2.05, 4.69) is 52.1 Å². The third kappa shape index (κ3) is 3.81. The van der Waals surface area contributed by atoms with Gasteiger partial charge in [-0.1, -0.05) is 58.5 Å². The lowest BCUT2D eigenvalue weighted by Gasteiger charge is -2.22. The molecule has 4 heteroatoms. The molecule has 2 aromatic carbocycles. The first-order chi connectivity index (χ1) is 9.58. The highest BCUT2D eigenvalue weighted by atomic mass is 79.9. The fraction of sp³-hybridized carbons (Fsp3) is 0.188. The normalized spacial score (nSPS) is 10.3. The van der Waals surface area contributed by atoms with Crippen molar-refractivity contribution in [2.75, 3.05) is 18.5 Å². The maximum Gasteiger partial charge on any atom is 0.106 e. The molecule has 0 amide bonds. The minimum Gasteiger partial charge on any atom is -0.389 e. The van der Waals surface area contributed by atoms with E-state index in [0.29, 0.717) is 4.99 Å². The summed E-state index contributed by atoms with van der Waals surface area (Å²) in [6.45, 7) is 0.918. The van der Waals surface area contributed by atoms with Crippen LogP contribution in [0.3, 0.4) is 0 Å². The molecule has 0 atom stereocenters. The zero-order valence-electron chi connectivity index (χ0n) is 11.3. The van der Waals surface area contributed by atoms with Gasteiger partial charge in [0.2, 0.25) is 0 Å². The molecule has 0 heterocycles. The predicted octanol–water partition coefficient (Wildman–Crippen LogP) is 3.76. The summed E-state index contributed by atoms with van der Waals surface area (Å²) in [6, 6.07) is 16.5. The summed E-state index contributed by atoms with van der Waals surface area (Å²) < 4.78 is 0.987. The summed E-state index contributed by atoms with van der Waals surface area (Å²) in [6.07, 6.45) is 0.990. The number of nitrogens with two attached hydrogens (primary N) is 1. The summed E-state index contributed by atoms with van der Waals surface area (Å²) in [7, 11) is 2.06. The monoisotopic (exact) mass is 348 g/mol. The topological polar surface area (TPSA) is 29.3 Å². The van der Waals surface area contributed by atoms with Crippen LogP contribution in [0.1, 0.15) is 11.1 Å². The van der Waals surface area contributed by atoms with E-state index in [1.54, 1.807) is 0 Å². The Labute approximate surface area is 133 Å². The molecule has 0 aliphatic rings. The van der Waals surface area contributed by atoms with E-state index in [1.807, 2.05) is 24.3 Å². The fourth-order valence-electron chi connectivity index (χ4n) is 2.10. The van der Waals surface area contributed by atoms with Crippen molar-refractivity contribution >= 4 is 38.8 Å². The number of hydrogen-bond donors (Lipinski definition) is 1. The number of benzene rings is 2. The van der Waals surface area contributed by atoms with Crippen LogP contribution in [0.15, 0.2) is 53.0 Å². The minimum atomic E-state index is 0.424. The lowest BCUT2D eigenvalue weighted by molar-refractivity contribution is 0.876. The van der Waals surface area contributed by atoms with Crippen LogP contribution in [0, 0.1) is 0 Å². The average molecular weight is 349 g/mol. The number of thiocarbonyl (C=S) groups is 1. The summed E-state index contributed by atoms with van der Waals surface area (Å²) in [5.74, 6) is 0. The van der Waals surface area contributed by atoms with Crippen LogP contribution in [0.4, 0.5) is 5.69 Å². The van der Waals surface area contributed by atoms with Gasteiger partial charge in [0.1, 0.15) is 4.99 Å². The summed E-state index contributed by atoms with van der Waals surface area (Å²) >= 11 is 8.59. The van der Waals surface area contributed by atoms with Gasteiger partial charge < -0.3 is 10.6 Å². The third-order valence-electron chi connectivity index (χ3n) is 3.21. The molecule has 0 radical (unpaired) electrons. The van der Waals surface area contributed by atoms with E-state index in [0.717, 1.165) is 28.7 Å². The molecule has 0 aliphatic heterocycles. The van der Waals surface area contributed by atoms with Gasteiger partial charge in [0.25, 0.3) is 0 Å². The second kappa shape index (κ2) is 6.86. The highest BCUT2D eigenvalue weighted by Gasteiger charge is 2.10. The van der Waals surface area contributed by atoms with Gasteiger partial charge in [-0.15, -0.1) is 0 Å². The van der Waals surface area contributed by atoms with Crippen molar-refractivity contribution in [1.29, 1.82) is 0 Å². The van der Waals surface area contributed by atoms with E-state index in [9.17, 15) is 0 Å². The second-order valence-corrected chi connectivity index (χ2v) is 6.04. The Morgan fingerprint density at radius 2 is 1.90 bits per heavy atom. The van der Waals surface area contributed by atoms with Crippen LogP contribution in [0.5, 0.6) is 0 Å². The zero-order valence-corrected chi connectivity index (χ0v) is 13.7. The van der Waals surface area contributed by atoms with Crippen molar-refractivity contribution in [3.05, 3.63) is 64.1 Å². The highest BCUT2D eigenvalue weighted by Crippen LogP contribution is 2.24. The quantitative estimate of drug-likeness (QED) is 0.834. The van der Waals surface area contributed by atoms with E-state index in [1.165, 1.54) is 5.56 Å². The lowest BCUT2D eigenvalue weighted by Crippen LogP contribution is -2.24. The first-order valence-electron chi connectivity index (χ1n) is 6.42. The first-order valence-corrected chi connectivity index (χ1v) is 7.62. The Kier molecular flexibility index (Phi) is 5.15. The molecule has 2 aromatic rings. The molecule has 0 saturated carbocycles. The molecule has 20 heavy (non-hydrogen) atoms. The van der Waals surface area contributed by atoms with Crippen LogP contribution < -0.4 is 10.6 Å². The summed E-state index contributed by atoms with van der Waals surface area (Å²) in [4.78, 5) is 2.61. The highest BCUT2D eigenvalue weighted by molar-refractivity contribution is 9.10. The van der Waals surface area contributed by atoms with Gasteiger partial charge >= 0.3 is 0 Å². The molecule has 0 bridgehead atoms. The summed E-state index contributed by atoms with van der Waals surface area (Å²) in [5.41, 5.74) is 9.11. The molecule has 0 aliphatic carbocycles. The molecule has 0 spiro atoms. The molecule has 2 rings (SSSR count). The Morgan fingerprint density at radius 1 is 1.20 bits per heavy atom. The lowest BCUT2D eigenvalue weighted by atomic mass is 10.1. The van der Waals surface area contributed by atoms with Crippen LogP contribution in [0.2, 0.25) is 0 Å². The molecular weight excluding hydrogens is 332 g/mol. The average Bonchev–Trinajstić information content (AvgIpc) is 2.45. The maximum atomic E-state index is 5.81. The number of anilines is 1. The number of halogens is 1. The predicted molar refractivity (Wildman–Crippen MR) is 93.4 cm³/mol. The van der Waals surface area contributed by atoms with Gasteiger partial charge in [-0.25, -0.2) is 0 Å². The van der Waals surface area contributed by atoms with Gasteiger partial charge in [-0.05, 0) is 30.2 Å². The Balaban J connectivity index is 2.13. The van der Waals surface area contributed by atoms with Gasteiger partial charge in [-0.2, -0.15) is 0 Å². The Morgan fingerprint density at radius 3 is 2.55 bits per heavy atom. The molecule has 0 saturated heterocycles. The SMILES string of the molecule is CN(CCc1ccccc1)c1ccc(Br)cc1C(N)=S. The van der Waals surface area contributed by atoms with Crippen molar-refractivity contribution < 1.29 is 0 Å². The maximum absolute atomic E-state index is 5.81. The van der Waals surface area contributed by atoms with Gasteiger partial charge in [0.15, 0.2) is 0 Å². The second-order valence-electron chi connectivity index (χ2n) is 4.68. The zero-order chi connectivity index (χ0) is 14.5. The Bertz CT molecular complexity index is 599. The van der Waals surface area contributed by atoms with Crippen LogP contribution in [-0.2, 0) is 6.42 Å². The van der Waals surface area contributed by atoms with Crippen molar-refractivity contribution in [3.8, 4) is 0 Å². The molecule has 2 N–H and O–H groups in total. The van der Waals surface area contributed by atoms with E-state index < -0.39 is 0 Å². The smallest absolute Gasteiger partial charge is 0.106 e. The largest absolute Gasteiger partial charge is 0.389 e. The molecule has 0 unspecified atom stereocenters. The van der Waals surface area contributed by atoms with Crippen molar-refractivity contribution in [2.45, 2.75) is 6.42 Å². The van der Waals surface area contributed by atoms with E-state index >= 15 is 0 Å². The minimum absolute atomic E-state index is 0.424. The number of hydrogen-bond acceptors (Lipinski definition) is 2. The number of rotatable bonds is 5. The fourth-order valence-corrected chi connectivity index (χ4v) is 2.62.